The van der Waals surface area contributed by atoms with Crippen molar-refractivity contribution >= 4 is 11.6 Å². The summed E-state index contributed by atoms with van der Waals surface area (Å²) in [5.41, 5.74) is 7.76. The van der Waals surface area contributed by atoms with Gasteiger partial charge in [0.25, 0.3) is 0 Å². The summed E-state index contributed by atoms with van der Waals surface area (Å²) < 4.78 is 5.23. The van der Waals surface area contributed by atoms with E-state index in [1.54, 1.807) is 25.4 Å². The summed E-state index contributed by atoms with van der Waals surface area (Å²) >= 11 is 0. The second-order valence-corrected chi connectivity index (χ2v) is 4.35. The average Bonchev–Trinajstić information content (AvgIpc) is 2.48. The quantitative estimate of drug-likeness (QED) is 0.864. The zero-order valence-electron chi connectivity index (χ0n) is 11.3. The van der Waals surface area contributed by atoms with Gasteiger partial charge in [-0.2, -0.15) is 0 Å². The van der Waals surface area contributed by atoms with Gasteiger partial charge in [0.1, 0.15) is 5.75 Å². The van der Waals surface area contributed by atoms with Crippen molar-refractivity contribution < 1.29 is 9.53 Å². The molecule has 0 saturated heterocycles. The Hall–Kier alpha value is -2.56. The van der Waals surface area contributed by atoms with Gasteiger partial charge in [0.05, 0.1) is 25.4 Å². The highest BCUT2D eigenvalue weighted by Crippen LogP contribution is 2.16. The zero-order chi connectivity index (χ0) is 14.4. The highest BCUT2D eigenvalue weighted by Gasteiger charge is 2.06. The van der Waals surface area contributed by atoms with Crippen molar-refractivity contribution in [3.05, 3.63) is 53.9 Å². The number of nitrogens with two attached hydrogens (primary N) is 1. The minimum absolute atomic E-state index is 0.0897. The number of benzene rings is 1. The van der Waals surface area contributed by atoms with Crippen LogP contribution in [0.25, 0.3) is 0 Å². The Balaban J connectivity index is 1.90. The summed E-state index contributed by atoms with van der Waals surface area (Å²) in [6.45, 7) is 0.428. The average molecular weight is 271 g/mol. The van der Waals surface area contributed by atoms with E-state index >= 15 is 0 Å². The maximum absolute atomic E-state index is 11.8. The van der Waals surface area contributed by atoms with Crippen molar-refractivity contribution in [1.29, 1.82) is 0 Å². The minimum Gasteiger partial charge on any atom is -0.496 e. The van der Waals surface area contributed by atoms with Gasteiger partial charge in [0.2, 0.25) is 5.91 Å². The third kappa shape index (κ3) is 3.71. The zero-order valence-corrected chi connectivity index (χ0v) is 11.3. The van der Waals surface area contributed by atoms with Crippen molar-refractivity contribution in [3.63, 3.8) is 0 Å². The normalized spacial score (nSPS) is 10.1. The number of rotatable bonds is 5. The van der Waals surface area contributed by atoms with E-state index in [4.69, 9.17) is 10.5 Å². The van der Waals surface area contributed by atoms with Gasteiger partial charge in [-0.15, -0.1) is 0 Å². The van der Waals surface area contributed by atoms with Gasteiger partial charge in [-0.3, -0.25) is 9.78 Å². The number of pyridine rings is 1. The van der Waals surface area contributed by atoms with Crippen molar-refractivity contribution in [1.82, 2.24) is 10.3 Å². The molecular weight excluding hydrogens is 254 g/mol. The van der Waals surface area contributed by atoms with E-state index in [0.29, 0.717) is 17.9 Å². The van der Waals surface area contributed by atoms with Crippen LogP contribution in [0.3, 0.4) is 0 Å². The first kappa shape index (κ1) is 13.9. The fourth-order valence-corrected chi connectivity index (χ4v) is 1.81. The fourth-order valence-electron chi connectivity index (χ4n) is 1.81. The highest BCUT2D eigenvalue weighted by atomic mass is 16.5. The molecule has 1 amide bonds. The molecule has 104 valence electrons. The number of nitrogens with zero attached hydrogens (tertiary/aromatic N) is 1. The Labute approximate surface area is 117 Å². The Morgan fingerprint density at radius 2 is 2.10 bits per heavy atom. The molecule has 0 aliphatic heterocycles. The molecular formula is C15H17N3O2. The molecule has 0 fully saturated rings. The largest absolute Gasteiger partial charge is 0.496 e. The van der Waals surface area contributed by atoms with Crippen molar-refractivity contribution in [2.45, 2.75) is 13.0 Å². The number of hydrogen-bond donors (Lipinski definition) is 2. The number of nitrogens with one attached hydrogen (secondary N) is 1. The highest BCUT2D eigenvalue weighted by molar-refractivity contribution is 5.78. The molecule has 2 aromatic rings. The van der Waals surface area contributed by atoms with Crippen LogP contribution >= 0.6 is 0 Å². The Kier molecular flexibility index (Phi) is 4.55. The number of carbonyl (C=O) groups is 1. The second kappa shape index (κ2) is 6.56. The first-order valence-electron chi connectivity index (χ1n) is 6.28. The van der Waals surface area contributed by atoms with Crippen LogP contribution in [0, 0.1) is 0 Å². The van der Waals surface area contributed by atoms with E-state index in [1.165, 1.54) is 0 Å². The van der Waals surface area contributed by atoms with Gasteiger partial charge in [0.15, 0.2) is 0 Å². The van der Waals surface area contributed by atoms with Crippen LogP contribution in [0.1, 0.15) is 11.3 Å². The van der Waals surface area contributed by atoms with Gasteiger partial charge < -0.3 is 15.8 Å². The van der Waals surface area contributed by atoms with Gasteiger partial charge in [-0.05, 0) is 18.2 Å². The van der Waals surface area contributed by atoms with E-state index in [0.717, 1.165) is 11.3 Å². The standard InChI is InChI=1S/C15H17N3O2/c1-20-14-5-3-2-4-11(14)9-18-15(19)8-13-7-6-12(16)10-17-13/h2-7,10H,8-9,16H2,1H3,(H,18,19). The molecule has 0 aliphatic carbocycles. The molecule has 0 bridgehead atoms. The lowest BCUT2D eigenvalue weighted by Crippen LogP contribution is -2.25. The monoisotopic (exact) mass is 271 g/mol. The fraction of sp³-hybridized carbons (Fsp3) is 0.200. The molecule has 5 heteroatoms. The molecule has 5 nitrogen and oxygen atoms in total. The van der Waals surface area contributed by atoms with Crippen molar-refractivity contribution in [2.75, 3.05) is 12.8 Å². The maximum Gasteiger partial charge on any atom is 0.226 e. The molecule has 20 heavy (non-hydrogen) atoms. The van der Waals surface area contributed by atoms with E-state index < -0.39 is 0 Å². The maximum atomic E-state index is 11.8. The first-order chi connectivity index (χ1) is 9.69. The van der Waals surface area contributed by atoms with Gasteiger partial charge >= 0.3 is 0 Å². The van der Waals surface area contributed by atoms with Crippen LogP contribution in [-0.2, 0) is 17.8 Å². The van der Waals surface area contributed by atoms with Crippen LogP contribution in [0.4, 0.5) is 5.69 Å². The number of carbonyl (C=O) groups excluding carboxylic acids is 1. The van der Waals surface area contributed by atoms with Crippen LogP contribution in [-0.4, -0.2) is 18.0 Å². The lowest BCUT2D eigenvalue weighted by atomic mass is 10.2. The van der Waals surface area contributed by atoms with Crippen LogP contribution in [0.2, 0.25) is 0 Å². The second-order valence-electron chi connectivity index (χ2n) is 4.35. The van der Waals surface area contributed by atoms with E-state index in [1.807, 2.05) is 24.3 Å². The molecule has 1 aromatic heterocycles. The lowest BCUT2D eigenvalue weighted by molar-refractivity contribution is -0.120. The molecule has 0 spiro atoms. The SMILES string of the molecule is COc1ccccc1CNC(=O)Cc1ccc(N)cn1. The number of methoxy groups -OCH3 is 1. The van der Waals surface area contributed by atoms with Gasteiger partial charge in [0, 0.05) is 17.8 Å². The summed E-state index contributed by atoms with van der Waals surface area (Å²) in [5.74, 6) is 0.673. The number of hydrogen-bond acceptors (Lipinski definition) is 4. The van der Waals surface area contributed by atoms with Crippen LogP contribution in [0.15, 0.2) is 42.6 Å². The topological polar surface area (TPSA) is 77.2 Å². The van der Waals surface area contributed by atoms with Crippen LogP contribution < -0.4 is 15.8 Å². The number of para-hydroxylation sites is 1. The number of amides is 1. The van der Waals surface area contributed by atoms with E-state index in [9.17, 15) is 4.79 Å². The number of aromatic nitrogens is 1. The van der Waals surface area contributed by atoms with E-state index in [2.05, 4.69) is 10.3 Å². The molecule has 1 heterocycles. The molecule has 0 saturated carbocycles. The predicted molar refractivity (Wildman–Crippen MR) is 77.2 cm³/mol. The van der Waals surface area contributed by atoms with E-state index in [-0.39, 0.29) is 12.3 Å². The molecule has 1 aromatic carbocycles. The molecule has 0 unspecified atom stereocenters. The molecule has 0 atom stereocenters. The number of anilines is 1. The summed E-state index contributed by atoms with van der Waals surface area (Å²) in [5, 5.41) is 2.85. The van der Waals surface area contributed by atoms with Crippen molar-refractivity contribution in [3.8, 4) is 5.75 Å². The molecule has 3 N–H and O–H groups in total. The third-order valence-corrected chi connectivity index (χ3v) is 2.86. The number of nitrogen functional groups attached to an aromatic ring is 1. The molecule has 0 radical (unpaired) electrons. The smallest absolute Gasteiger partial charge is 0.226 e. The summed E-state index contributed by atoms with van der Waals surface area (Å²) in [6.07, 6.45) is 1.78. The Bertz CT molecular complexity index is 582. The Morgan fingerprint density at radius 3 is 2.80 bits per heavy atom. The molecule has 2 rings (SSSR count). The minimum atomic E-state index is -0.0897. The van der Waals surface area contributed by atoms with Gasteiger partial charge in [-0.1, -0.05) is 18.2 Å². The first-order valence-corrected chi connectivity index (χ1v) is 6.28. The predicted octanol–water partition coefficient (Wildman–Crippen LogP) is 1.53. The van der Waals surface area contributed by atoms with Gasteiger partial charge in [-0.25, -0.2) is 0 Å². The Morgan fingerprint density at radius 1 is 1.30 bits per heavy atom. The summed E-state index contributed by atoms with van der Waals surface area (Å²) in [4.78, 5) is 15.9. The number of ether oxygens (including phenoxy) is 1. The van der Waals surface area contributed by atoms with Crippen molar-refractivity contribution in [2.24, 2.45) is 0 Å². The summed E-state index contributed by atoms with van der Waals surface area (Å²) in [7, 11) is 1.61. The third-order valence-electron chi connectivity index (χ3n) is 2.86. The molecule has 0 aliphatic rings. The lowest BCUT2D eigenvalue weighted by Gasteiger charge is -2.09. The van der Waals surface area contributed by atoms with Crippen LogP contribution in [0.5, 0.6) is 5.75 Å². The summed E-state index contributed by atoms with van der Waals surface area (Å²) in [6, 6.07) is 11.1.